The molecule has 0 spiro atoms. The minimum Gasteiger partial charge on any atom is -0.378 e. The molecular formula is C21H23ClN4O3. The maximum Gasteiger partial charge on any atom is 0.229 e. The summed E-state index contributed by atoms with van der Waals surface area (Å²) >= 11 is 6.17. The van der Waals surface area contributed by atoms with Crippen LogP contribution in [0.2, 0.25) is 5.02 Å². The highest BCUT2D eigenvalue weighted by Gasteiger charge is 2.34. The van der Waals surface area contributed by atoms with E-state index in [0.717, 1.165) is 24.5 Å². The summed E-state index contributed by atoms with van der Waals surface area (Å²) in [5, 5.41) is 3.55. The van der Waals surface area contributed by atoms with E-state index >= 15 is 0 Å². The van der Waals surface area contributed by atoms with Gasteiger partial charge in [-0.3, -0.25) is 14.6 Å². The van der Waals surface area contributed by atoms with Crippen LogP contribution in [-0.2, 0) is 20.9 Å². The number of rotatable bonds is 5. The Labute approximate surface area is 174 Å². The van der Waals surface area contributed by atoms with Gasteiger partial charge < -0.3 is 19.9 Å². The van der Waals surface area contributed by atoms with Crippen molar-refractivity contribution in [2.24, 2.45) is 5.92 Å². The van der Waals surface area contributed by atoms with E-state index in [-0.39, 0.29) is 18.2 Å². The molecule has 0 bridgehead atoms. The van der Waals surface area contributed by atoms with E-state index in [2.05, 4.69) is 15.2 Å². The predicted octanol–water partition coefficient (Wildman–Crippen LogP) is 2.56. The van der Waals surface area contributed by atoms with Gasteiger partial charge in [-0.15, -0.1) is 0 Å². The maximum atomic E-state index is 12.9. The third-order valence-corrected chi connectivity index (χ3v) is 5.47. The lowest BCUT2D eigenvalue weighted by Crippen LogP contribution is -2.37. The molecule has 4 rings (SSSR count). The van der Waals surface area contributed by atoms with Crippen LogP contribution in [0.4, 0.5) is 11.4 Å². The van der Waals surface area contributed by atoms with Gasteiger partial charge in [0, 0.05) is 37.3 Å². The van der Waals surface area contributed by atoms with Crippen molar-refractivity contribution in [3.8, 4) is 0 Å². The number of morpholine rings is 1. The van der Waals surface area contributed by atoms with Gasteiger partial charge in [0.2, 0.25) is 11.8 Å². The fourth-order valence-electron chi connectivity index (χ4n) is 3.71. The molecule has 8 heteroatoms. The molecule has 2 aliphatic heterocycles. The van der Waals surface area contributed by atoms with Gasteiger partial charge in [0.25, 0.3) is 0 Å². The fourth-order valence-corrected chi connectivity index (χ4v) is 3.88. The predicted molar refractivity (Wildman–Crippen MR) is 111 cm³/mol. The highest BCUT2D eigenvalue weighted by atomic mass is 35.5. The second-order valence-corrected chi connectivity index (χ2v) is 7.68. The molecule has 3 heterocycles. The molecule has 7 nitrogen and oxygen atoms in total. The number of benzene rings is 1. The quantitative estimate of drug-likeness (QED) is 0.813. The molecule has 2 aromatic rings. The van der Waals surface area contributed by atoms with Crippen LogP contribution in [0.5, 0.6) is 0 Å². The van der Waals surface area contributed by atoms with Gasteiger partial charge in [-0.2, -0.15) is 0 Å². The molecular weight excluding hydrogens is 392 g/mol. The van der Waals surface area contributed by atoms with Crippen LogP contribution in [0.3, 0.4) is 0 Å². The van der Waals surface area contributed by atoms with Crippen LogP contribution < -0.4 is 10.2 Å². The van der Waals surface area contributed by atoms with Crippen LogP contribution in [0.25, 0.3) is 0 Å². The number of halogens is 1. The summed E-state index contributed by atoms with van der Waals surface area (Å²) in [4.78, 5) is 33.4. The van der Waals surface area contributed by atoms with E-state index in [1.807, 2.05) is 30.3 Å². The number of hydrogen-bond acceptors (Lipinski definition) is 5. The number of pyridine rings is 1. The van der Waals surface area contributed by atoms with Crippen LogP contribution in [0, 0.1) is 5.92 Å². The first kappa shape index (κ1) is 19.7. The Morgan fingerprint density at radius 1 is 1.24 bits per heavy atom. The van der Waals surface area contributed by atoms with E-state index in [4.69, 9.17) is 16.3 Å². The van der Waals surface area contributed by atoms with E-state index < -0.39 is 5.92 Å². The molecule has 152 valence electrons. The molecule has 29 heavy (non-hydrogen) atoms. The lowest BCUT2D eigenvalue weighted by Gasteiger charge is -2.30. The third kappa shape index (κ3) is 4.68. The summed E-state index contributed by atoms with van der Waals surface area (Å²) in [5.74, 6) is -0.600. The lowest BCUT2D eigenvalue weighted by atomic mass is 10.1. The van der Waals surface area contributed by atoms with Gasteiger partial charge in [0.05, 0.1) is 42.7 Å². The Bertz CT molecular complexity index is 887. The molecule has 1 unspecified atom stereocenters. The molecule has 2 aliphatic rings. The highest BCUT2D eigenvalue weighted by molar-refractivity contribution is 6.31. The van der Waals surface area contributed by atoms with Crippen molar-refractivity contribution in [1.29, 1.82) is 0 Å². The number of likely N-dealkylation sites (tertiary alicyclic amines) is 1. The number of anilines is 2. The Hall–Kier alpha value is -2.64. The van der Waals surface area contributed by atoms with E-state index in [1.165, 1.54) is 0 Å². The van der Waals surface area contributed by atoms with Crippen molar-refractivity contribution >= 4 is 34.8 Å². The van der Waals surface area contributed by atoms with Gasteiger partial charge in [-0.1, -0.05) is 17.7 Å². The second-order valence-electron chi connectivity index (χ2n) is 7.25. The van der Waals surface area contributed by atoms with Gasteiger partial charge >= 0.3 is 0 Å². The van der Waals surface area contributed by atoms with Crippen LogP contribution >= 0.6 is 11.6 Å². The van der Waals surface area contributed by atoms with Crippen LogP contribution in [0.1, 0.15) is 12.1 Å². The number of amides is 2. The zero-order chi connectivity index (χ0) is 20.2. The minimum atomic E-state index is -0.400. The number of carbonyl (C=O) groups is 2. The first-order chi connectivity index (χ1) is 14.1. The van der Waals surface area contributed by atoms with Gasteiger partial charge in [0.1, 0.15) is 0 Å². The smallest absolute Gasteiger partial charge is 0.229 e. The van der Waals surface area contributed by atoms with Crippen molar-refractivity contribution in [1.82, 2.24) is 9.88 Å². The standard InChI is InChI=1S/C21H23ClN4O3/c22-16-4-5-19(25-7-9-29-10-8-25)18(12-16)24-21(28)15-11-20(27)26(13-15)14-17-3-1-2-6-23-17/h1-6,12,15H,7-11,13-14H2,(H,24,28). The molecule has 1 aromatic carbocycles. The van der Waals surface area contributed by atoms with Crippen molar-refractivity contribution in [2.45, 2.75) is 13.0 Å². The van der Waals surface area contributed by atoms with Gasteiger partial charge in [-0.25, -0.2) is 0 Å². The molecule has 2 amide bonds. The SMILES string of the molecule is O=C(Nc1cc(Cl)ccc1N1CCOCC1)C1CC(=O)N(Cc2ccccn2)C1. The zero-order valence-corrected chi connectivity index (χ0v) is 16.8. The van der Waals surface area contributed by atoms with Crippen molar-refractivity contribution in [2.75, 3.05) is 43.1 Å². The summed E-state index contributed by atoms with van der Waals surface area (Å²) in [6.45, 7) is 3.61. The van der Waals surface area contributed by atoms with Gasteiger partial charge in [-0.05, 0) is 30.3 Å². The monoisotopic (exact) mass is 414 g/mol. The second kappa shape index (κ2) is 8.80. The molecule has 0 aliphatic carbocycles. The Morgan fingerprint density at radius 3 is 2.83 bits per heavy atom. The van der Waals surface area contributed by atoms with E-state index in [1.54, 1.807) is 17.2 Å². The van der Waals surface area contributed by atoms with Crippen LogP contribution in [0.15, 0.2) is 42.6 Å². The number of ether oxygens (including phenoxy) is 1. The Morgan fingerprint density at radius 2 is 2.07 bits per heavy atom. The van der Waals surface area contributed by atoms with Crippen molar-refractivity contribution in [3.63, 3.8) is 0 Å². The van der Waals surface area contributed by atoms with Gasteiger partial charge in [0.15, 0.2) is 0 Å². The summed E-state index contributed by atoms with van der Waals surface area (Å²) in [5.41, 5.74) is 2.40. The third-order valence-electron chi connectivity index (χ3n) is 5.23. The molecule has 1 N–H and O–H groups in total. The zero-order valence-electron chi connectivity index (χ0n) is 16.0. The molecule has 2 fully saturated rings. The summed E-state index contributed by atoms with van der Waals surface area (Å²) in [6.07, 6.45) is 1.90. The molecule has 0 saturated carbocycles. The normalized spacial score (nSPS) is 19.5. The van der Waals surface area contributed by atoms with E-state index in [9.17, 15) is 9.59 Å². The number of hydrogen-bond donors (Lipinski definition) is 1. The molecule has 0 radical (unpaired) electrons. The lowest BCUT2D eigenvalue weighted by molar-refractivity contribution is -0.128. The van der Waals surface area contributed by atoms with Crippen LogP contribution in [-0.4, -0.2) is 54.5 Å². The Balaban J connectivity index is 1.44. The minimum absolute atomic E-state index is 0.0321. The number of aromatic nitrogens is 1. The first-order valence-corrected chi connectivity index (χ1v) is 10.1. The van der Waals surface area contributed by atoms with E-state index in [0.29, 0.717) is 37.0 Å². The summed E-state index contributed by atoms with van der Waals surface area (Å²) < 4.78 is 5.42. The number of nitrogens with zero attached hydrogens (tertiary/aromatic N) is 3. The van der Waals surface area contributed by atoms with Crippen molar-refractivity contribution in [3.05, 3.63) is 53.3 Å². The number of carbonyl (C=O) groups excluding carboxylic acids is 2. The summed E-state index contributed by atoms with van der Waals surface area (Å²) in [6, 6.07) is 11.1. The Kier molecular flexibility index (Phi) is 5.97. The average molecular weight is 415 g/mol. The average Bonchev–Trinajstić information content (AvgIpc) is 3.10. The molecule has 2 saturated heterocycles. The largest absolute Gasteiger partial charge is 0.378 e. The fraction of sp³-hybridized carbons (Fsp3) is 0.381. The number of nitrogens with one attached hydrogen (secondary N) is 1. The topological polar surface area (TPSA) is 74.8 Å². The molecule has 1 aromatic heterocycles. The maximum absolute atomic E-state index is 12.9. The van der Waals surface area contributed by atoms with Crippen molar-refractivity contribution < 1.29 is 14.3 Å². The highest BCUT2D eigenvalue weighted by Crippen LogP contribution is 2.31. The molecule has 1 atom stereocenters. The first-order valence-electron chi connectivity index (χ1n) is 9.71. The summed E-state index contributed by atoms with van der Waals surface area (Å²) in [7, 11) is 0.